The third kappa shape index (κ3) is 2.67. The number of rotatable bonds is 2. The van der Waals surface area contributed by atoms with Crippen molar-refractivity contribution in [1.82, 2.24) is 0 Å². The summed E-state index contributed by atoms with van der Waals surface area (Å²) in [5.41, 5.74) is 8.17. The molecule has 2 nitrogen and oxygen atoms in total. The van der Waals surface area contributed by atoms with Gasteiger partial charge in [-0.15, -0.1) is 0 Å². The van der Waals surface area contributed by atoms with Crippen molar-refractivity contribution in [1.29, 1.82) is 0 Å². The summed E-state index contributed by atoms with van der Waals surface area (Å²) in [4.78, 5) is 0. The molecule has 0 aliphatic heterocycles. The predicted molar refractivity (Wildman–Crippen MR) is 149 cm³/mol. The fraction of sp³-hybridized carbons (Fsp3) is 0. The molecule has 8 rings (SSSR count). The first-order chi connectivity index (χ1) is 17.9. The Morgan fingerprint density at radius 3 is 1.19 bits per heavy atom. The second-order valence-electron chi connectivity index (χ2n) is 9.28. The van der Waals surface area contributed by atoms with Crippen LogP contribution in [0, 0.1) is 0 Å². The minimum atomic E-state index is 0.891. The average molecular weight is 461 g/mol. The van der Waals surface area contributed by atoms with E-state index in [-0.39, 0.29) is 0 Å². The Labute approximate surface area is 207 Å². The quantitative estimate of drug-likeness (QED) is 0.256. The van der Waals surface area contributed by atoms with Crippen LogP contribution in [0.5, 0.6) is 0 Å². The van der Waals surface area contributed by atoms with Gasteiger partial charge in [-0.05, 0) is 46.5 Å². The lowest BCUT2D eigenvalue weighted by Gasteiger charge is -2.13. The summed E-state index contributed by atoms with van der Waals surface area (Å²) in [5, 5.41) is 6.64. The topological polar surface area (TPSA) is 26.3 Å². The van der Waals surface area contributed by atoms with Gasteiger partial charge in [0.25, 0.3) is 0 Å². The fourth-order valence-electron chi connectivity index (χ4n) is 5.65. The maximum Gasteiger partial charge on any atom is 0.144 e. The highest BCUT2D eigenvalue weighted by Gasteiger charge is 2.23. The van der Waals surface area contributed by atoms with Crippen LogP contribution in [-0.2, 0) is 0 Å². The molecule has 0 aliphatic carbocycles. The molecule has 0 atom stereocenters. The van der Waals surface area contributed by atoms with Gasteiger partial charge >= 0.3 is 0 Å². The monoisotopic (exact) mass is 460 g/mol. The summed E-state index contributed by atoms with van der Waals surface area (Å²) >= 11 is 0. The lowest BCUT2D eigenvalue weighted by molar-refractivity contribution is 0.669. The second kappa shape index (κ2) is 7.34. The molecule has 0 fully saturated rings. The van der Waals surface area contributed by atoms with E-state index in [4.69, 9.17) is 8.83 Å². The minimum absolute atomic E-state index is 0.891. The molecule has 0 radical (unpaired) electrons. The number of benzene rings is 6. The molecule has 2 heteroatoms. The van der Waals surface area contributed by atoms with Gasteiger partial charge in [0.2, 0.25) is 0 Å². The molecule has 0 unspecified atom stereocenters. The zero-order valence-electron chi connectivity index (χ0n) is 19.4. The van der Waals surface area contributed by atoms with Crippen molar-refractivity contribution in [2.24, 2.45) is 0 Å². The van der Waals surface area contributed by atoms with Crippen LogP contribution in [0.1, 0.15) is 0 Å². The van der Waals surface area contributed by atoms with E-state index in [2.05, 4.69) is 97.1 Å². The van der Waals surface area contributed by atoms with Crippen LogP contribution in [0.2, 0.25) is 0 Å². The molecule has 0 spiro atoms. The van der Waals surface area contributed by atoms with Crippen molar-refractivity contribution in [3.05, 3.63) is 121 Å². The molecule has 2 heterocycles. The van der Waals surface area contributed by atoms with Crippen LogP contribution in [0.4, 0.5) is 0 Å². The summed E-state index contributed by atoms with van der Waals surface area (Å²) in [7, 11) is 0. The Balaban J connectivity index is 1.71. The van der Waals surface area contributed by atoms with E-state index in [0.717, 1.165) is 76.9 Å². The maximum absolute atomic E-state index is 6.60. The van der Waals surface area contributed by atoms with Gasteiger partial charge in [-0.1, -0.05) is 97.1 Å². The largest absolute Gasteiger partial charge is 0.455 e. The molecule has 0 amide bonds. The highest BCUT2D eigenvalue weighted by atomic mass is 16.3. The lowest BCUT2D eigenvalue weighted by atomic mass is 9.89. The standard InChI is InChI=1S/C34H20O2/c1-3-11-21(12-4-1)25-19-27-23-15-7-9-17-29(23)36-34(27)32-26(22-13-5-2-6-14-22)20-28-24-16-8-10-18-30(24)35-33(28)31(25)32/h1-20H. The number of fused-ring (bicyclic) bond motifs is 9. The van der Waals surface area contributed by atoms with Gasteiger partial charge in [0.05, 0.1) is 0 Å². The Kier molecular flexibility index (Phi) is 3.97. The van der Waals surface area contributed by atoms with Crippen LogP contribution >= 0.6 is 0 Å². The van der Waals surface area contributed by atoms with E-state index >= 15 is 0 Å². The first-order valence-corrected chi connectivity index (χ1v) is 12.2. The van der Waals surface area contributed by atoms with Gasteiger partial charge in [-0.25, -0.2) is 0 Å². The van der Waals surface area contributed by atoms with E-state index in [0.29, 0.717) is 0 Å². The zero-order valence-corrected chi connectivity index (χ0v) is 19.4. The Bertz CT molecular complexity index is 1920. The van der Waals surface area contributed by atoms with Crippen LogP contribution in [0.25, 0.3) is 76.9 Å². The summed E-state index contributed by atoms with van der Waals surface area (Å²) in [6.45, 7) is 0. The molecular weight excluding hydrogens is 440 g/mol. The highest BCUT2D eigenvalue weighted by Crippen LogP contribution is 2.48. The SMILES string of the molecule is c1ccc(-c2cc3c4ccccc4oc3c3c(-c4ccccc4)cc4c5ccccc5oc4c23)cc1. The number of hydrogen-bond donors (Lipinski definition) is 0. The van der Waals surface area contributed by atoms with Crippen LogP contribution < -0.4 is 0 Å². The van der Waals surface area contributed by atoms with Crippen molar-refractivity contribution in [3.63, 3.8) is 0 Å². The lowest BCUT2D eigenvalue weighted by Crippen LogP contribution is -1.88. The van der Waals surface area contributed by atoms with Gasteiger partial charge in [-0.3, -0.25) is 0 Å². The molecule has 2 aromatic heterocycles. The van der Waals surface area contributed by atoms with Crippen LogP contribution in [-0.4, -0.2) is 0 Å². The number of para-hydroxylation sites is 2. The van der Waals surface area contributed by atoms with Crippen molar-refractivity contribution >= 4 is 54.6 Å². The molecule has 0 saturated carbocycles. The Hall–Kier alpha value is -4.82. The molecule has 6 aromatic carbocycles. The molecule has 36 heavy (non-hydrogen) atoms. The summed E-state index contributed by atoms with van der Waals surface area (Å²) < 4.78 is 13.2. The first kappa shape index (κ1) is 19.5. The van der Waals surface area contributed by atoms with Crippen molar-refractivity contribution in [3.8, 4) is 22.3 Å². The van der Waals surface area contributed by atoms with Gasteiger partial charge in [0.15, 0.2) is 0 Å². The molecule has 0 saturated heterocycles. The van der Waals surface area contributed by atoms with E-state index in [9.17, 15) is 0 Å². The minimum Gasteiger partial charge on any atom is -0.455 e. The first-order valence-electron chi connectivity index (χ1n) is 12.2. The third-order valence-electron chi connectivity index (χ3n) is 7.26. The fourth-order valence-corrected chi connectivity index (χ4v) is 5.65. The second-order valence-corrected chi connectivity index (χ2v) is 9.28. The van der Waals surface area contributed by atoms with E-state index < -0.39 is 0 Å². The number of furan rings is 2. The van der Waals surface area contributed by atoms with Crippen LogP contribution in [0.15, 0.2) is 130 Å². The normalized spacial score (nSPS) is 11.9. The summed E-state index contributed by atoms with van der Waals surface area (Å²) in [6.07, 6.45) is 0. The molecule has 0 N–H and O–H groups in total. The van der Waals surface area contributed by atoms with Crippen molar-refractivity contribution in [2.45, 2.75) is 0 Å². The van der Waals surface area contributed by atoms with Gasteiger partial charge in [-0.2, -0.15) is 0 Å². The third-order valence-corrected chi connectivity index (χ3v) is 7.26. The molecular formula is C34H20O2. The average Bonchev–Trinajstić information content (AvgIpc) is 3.51. The Morgan fingerprint density at radius 1 is 0.361 bits per heavy atom. The highest BCUT2D eigenvalue weighted by molar-refractivity contribution is 6.30. The smallest absolute Gasteiger partial charge is 0.144 e. The predicted octanol–water partition coefficient (Wildman–Crippen LogP) is 9.97. The van der Waals surface area contributed by atoms with Gasteiger partial charge in [0.1, 0.15) is 22.3 Å². The van der Waals surface area contributed by atoms with Crippen molar-refractivity contribution in [2.75, 3.05) is 0 Å². The summed E-state index contributed by atoms with van der Waals surface area (Å²) in [6, 6.07) is 42.3. The summed E-state index contributed by atoms with van der Waals surface area (Å²) in [5.74, 6) is 0. The molecule has 168 valence electrons. The van der Waals surface area contributed by atoms with Gasteiger partial charge < -0.3 is 8.83 Å². The molecule has 0 bridgehead atoms. The van der Waals surface area contributed by atoms with E-state index in [1.807, 2.05) is 24.3 Å². The Morgan fingerprint density at radius 2 is 0.750 bits per heavy atom. The zero-order chi connectivity index (χ0) is 23.6. The maximum atomic E-state index is 6.60. The van der Waals surface area contributed by atoms with E-state index in [1.54, 1.807) is 0 Å². The van der Waals surface area contributed by atoms with Crippen molar-refractivity contribution < 1.29 is 8.83 Å². The molecule has 8 aromatic rings. The molecule has 0 aliphatic rings. The van der Waals surface area contributed by atoms with Gasteiger partial charge in [0, 0.05) is 32.3 Å². The van der Waals surface area contributed by atoms with Crippen LogP contribution in [0.3, 0.4) is 0 Å². The van der Waals surface area contributed by atoms with E-state index in [1.165, 1.54) is 0 Å². The number of hydrogen-bond acceptors (Lipinski definition) is 2.